The van der Waals surface area contributed by atoms with E-state index < -0.39 is 91.5 Å². The number of rotatable bonds is 74. The molecule has 0 heterocycles. The van der Waals surface area contributed by atoms with Gasteiger partial charge in [-0.2, -0.15) is 0 Å². The van der Waals surface area contributed by atoms with Crippen molar-refractivity contribution in [3.8, 4) is 0 Å². The largest absolute Gasteiger partial charge is 0.472 e. The summed E-state index contributed by atoms with van der Waals surface area (Å²) in [6, 6.07) is 0. The van der Waals surface area contributed by atoms with Gasteiger partial charge in [0.05, 0.1) is 26.4 Å². The molecule has 16 nitrogen and oxygen atoms in total. The normalized spacial score (nSPS) is 14.6. The third kappa shape index (κ3) is 75.2. The van der Waals surface area contributed by atoms with Gasteiger partial charge in [-0.05, 0) is 109 Å². The predicted octanol–water partition coefficient (Wildman–Crippen LogP) is 22.8. The summed E-state index contributed by atoms with van der Waals surface area (Å²) < 4.78 is 61.1. The van der Waals surface area contributed by atoms with Crippen molar-refractivity contribution in [3.63, 3.8) is 0 Å². The Morgan fingerprint density at radius 2 is 0.535 bits per heavy atom. The van der Waals surface area contributed by atoms with Crippen molar-refractivity contribution in [1.82, 2.24) is 0 Å². The molecule has 99 heavy (non-hydrogen) atoms. The summed E-state index contributed by atoms with van der Waals surface area (Å²) in [4.78, 5) is 58.6. The molecule has 572 valence electrons. The molecular weight excluding hydrogens is 1290 g/mol. The minimum absolute atomic E-state index is 0.105. The summed E-state index contributed by atoms with van der Waals surface area (Å²) in [5.74, 6) is -1.58. The maximum Gasteiger partial charge on any atom is 0.472 e. The summed E-state index contributed by atoms with van der Waals surface area (Å²) in [6.07, 6.45) is 85.7. The van der Waals surface area contributed by atoms with E-state index >= 15 is 0 Å². The minimum Gasteiger partial charge on any atom is -0.463 e. The van der Waals surface area contributed by atoms with Crippen LogP contribution in [0.3, 0.4) is 0 Å². The van der Waals surface area contributed by atoms with Gasteiger partial charge in [0.1, 0.15) is 25.4 Å². The SMILES string of the molecule is CC/C=C\C/C=C\C/C=C\C/C=C\C/C=C\C/C=C\CCCCCCCCCCCCCCC(=O)OCC(O)COP(=O)(O)OCC(O)COP(=O)(O)OCC(COC(=O)CCCCCCCC/C=C\C/C=C\C/C=C\CCCCC)OC(=O)CCCCCCCCCCCCCCC. The molecule has 0 aliphatic carbocycles. The second-order valence-electron chi connectivity index (χ2n) is 26.1. The molecule has 0 amide bonds. The van der Waals surface area contributed by atoms with E-state index in [2.05, 4.69) is 130 Å². The lowest BCUT2D eigenvalue weighted by Gasteiger charge is -2.21. The third-order valence-electron chi connectivity index (χ3n) is 16.5. The summed E-state index contributed by atoms with van der Waals surface area (Å²) in [5.41, 5.74) is 0. The minimum atomic E-state index is -4.93. The predicted molar refractivity (Wildman–Crippen MR) is 408 cm³/mol. The molecule has 0 saturated carbocycles. The van der Waals surface area contributed by atoms with Gasteiger partial charge in [-0.25, -0.2) is 9.13 Å². The first-order chi connectivity index (χ1) is 48.2. The first kappa shape index (κ1) is 95.2. The number of aliphatic hydroxyl groups is 2. The highest BCUT2D eigenvalue weighted by atomic mass is 31.2. The summed E-state index contributed by atoms with van der Waals surface area (Å²) >= 11 is 0. The lowest BCUT2D eigenvalue weighted by atomic mass is 10.0. The number of esters is 3. The third-order valence-corrected chi connectivity index (χ3v) is 18.4. The Morgan fingerprint density at radius 1 is 0.293 bits per heavy atom. The van der Waals surface area contributed by atoms with E-state index in [1.807, 2.05) is 0 Å². The smallest absolute Gasteiger partial charge is 0.463 e. The Balaban J connectivity index is 4.45. The zero-order valence-corrected chi connectivity index (χ0v) is 64.2. The number of ether oxygens (including phenoxy) is 3. The zero-order chi connectivity index (χ0) is 72.3. The highest BCUT2D eigenvalue weighted by Crippen LogP contribution is 2.45. The average Bonchev–Trinajstić information content (AvgIpc) is 1.02. The summed E-state index contributed by atoms with van der Waals surface area (Å²) in [7, 11) is -9.78. The lowest BCUT2D eigenvalue weighted by molar-refractivity contribution is -0.161. The molecule has 5 unspecified atom stereocenters. The average molecular weight is 1430 g/mol. The fraction of sp³-hybridized carbons (Fsp3) is 0.741. The van der Waals surface area contributed by atoms with Crippen molar-refractivity contribution in [3.05, 3.63) is 109 Å². The van der Waals surface area contributed by atoms with E-state index in [4.69, 9.17) is 32.3 Å². The molecule has 0 aromatic carbocycles. The van der Waals surface area contributed by atoms with Gasteiger partial charge in [-0.1, -0.05) is 310 Å². The Morgan fingerprint density at radius 3 is 0.869 bits per heavy atom. The molecular formula is C81H142O16P2. The molecule has 0 fully saturated rings. The van der Waals surface area contributed by atoms with Crippen LogP contribution in [0.2, 0.25) is 0 Å². The molecule has 0 aromatic rings. The van der Waals surface area contributed by atoms with Crippen molar-refractivity contribution in [2.45, 2.75) is 347 Å². The topological polar surface area (TPSA) is 231 Å². The lowest BCUT2D eigenvalue weighted by Crippen LogP contribution is -2.30. The number of hydrogen-bond acceptors (Lipinski definition) is 14. The number of phosphoric ester groups is 2. The van der Waals surface area contributed by atoms with Crippen LogP contribution in [0.1, 0.15) is 329 Å². The van der Waals surface area contributed by atoms with Crippen LogP contribution >= 0.6 is 15.6 Å². The van der Waals surface area contributed by atoms with Gasteiger partial charge in [-0.15, -0.1) is 0 Å². The quantitative estimate of drug-likeness (QED) is 0.0146. The standard InChI is InChI=1S/C81H142O16P2/c1-4-7-10-13-16-19-22-25-27-29-31-32-33-34-35-36-37-38-39-40-41-42-44-46-47-50-52-55-58-61-64-67-79(84)91-70-76(82)71-93-98(87,88)94-72-77(83)73-95-99(89,90)96-75-78(97-81(86)69-66-63-60-57-54-49-24-21-18-15-12-9-6-3)74-92-80(85)68-65-62-59-56-53-51-48-45-43-30-28-26-23-20-17-14-11-8-5-2/h7,10,16-17,19-20,25-28,31-32,34-35,37-38,43,45,76-78,82-83H,4-6,8-9,11-15,18,21-24,29-30,33,36,39-42,44,46-75H2,1-3H3,(H,87,88)(H,89,90)/b10-7-,19-16-,20-17-,27-25-,28-26-,32-31-,35-34-,38-37-,45-43-. The second-order valence-corrected chi connectivity index (χ2v) is 29.0. The molecule has 0 aliphatic rings. The van der Waals surface area contributed by atoms with Crippen molar-refractivity contribution in [2.75, 3.05) is 39.6 Å². The van der Waals surface area contributed by atoms with Crippen LogP contribution in [0.15, 0.2) is 109 Å². The van der Waals surface area contributed by atoms with E-state index in [0.717, 1.165) is 148 Å². The van der Waals surface area contributed by atoms with Gasteiger partial charge in [-0.3, -0.25) is 32.5 Å². The Bertz CT molecular complexity index is 2240. The second kappa shape index (κ2) is 73.9. The number of aliphatic hydroxyl groups excluding tert-OH is 2. The molecule has 18 heteroatoms. The van der Waals surface area contributed by atoms with E-state index in [1.54, 1.807) is 0 Å². The number of unbranched alkanes of at least 4 members (excludes halogenated alkanes) is 33. The maximum atomic E-state index is 12.9. The maximum absolute atomic E-state index is 12.9. The van der Waals surface area contributed by atoms with E-state index in [0.29, 0.717) is 19.3 Å². The van der Waals surface area contributed by atoms with Gasteiger partial charge in [0.15, 0.2) is 6.10 Å². The highest BCUT2D eigenvalue weighted by molar-refractivity contribution is 7.47. The molecule has 0 bridgehead atoms. The molecule has 0 aromatic heterocycles. The Hall–Kier alpha value is -3.79. The van der Waals surface area contributed by atoms with Crippen LogP contribution in [0, 0.1) is 0 Å². The van der Waals surface area contributed by atoms with Gasteiger partial charge >= 0.3 is 33.6 Å². The van der Waals surface area contributed by atoms with Gasteiger partial charge in [0.25, 0.3) is 0 Å². The molecule has 4 N–H and O–H groups in total. The molecule has 0 aliphatic heterocycles. The van der Waals surface area contributed by atoms with Gasteiger partial charge < -0.3 is 34.2 Å². The van der Waals surface area contributed by atoms with Crippen molar-refractivity contribution in [1.29, 1.82) is 0 Å². The molecule has 5 atom stereocenters. The number of phosphoric acid groups is 2. The summed E-state index contributed by atoms with van der Waals surface area (Å²) in [6.45, 7) is 2.55. The van der Waals surface area contributed by atoms with E-state index in [9.17, 15) is 43.5 Å². The fourth-order valence-corrected chi connectivity index (χ4v) is 12.1. The molecule has 0 saturated heterocycles. The van der Waals surface area contributed by atoms with Gasteiger partial charge in [0.2, 0.25) is 0 Å². The number of hydrogen-bond donors (Lipinski definition) is 4. The van der Waals surface area contributed by atoms with Crippen LogP contribution in [0.5, 0.6) is 0 Å². The first-order valence-electron chi connectivity index (χ1n) is 39.2. The summed E-state index contributed by atoms with van der Waals surface area (Å²) in [5, 5.41) is 20.6. The monoisotopic (exact) mass is 1430 g/mol. The van der Waals surface area contributed by atoms with Crippen LogP contribution in [-0.2, 0) is 55.8 Å². The first-order valence-corrected chi connectivity index (χ1v) is 42.2. The van der Waals surface area contributed by atoms with E-state index in [1.165, 1.54) is 122 Å². The zero-order valence-electron chi connectivity index (χ0n) is 62.4. The van der Waals surface area contributed by atoms with Crippen molar-refractivity contribution >= 4 is 33.6 Å². The van der Waals surface area contributed by atoms with Crippen LogP contribution in [-0.4, -0.2) is 95.9 Å². The van der Waals surface area contributed by atoms with Crippen LogP contribution in [0.25, 0.3) is 0 Å². The molecule has 0 radical (unpaired) electrons. The van der Waals surface area contributed by atoms with Crippen molar-refractivity contribution in [2.24, 2.45) is 0 Å². The highest BCUT2D eigenvalue weighted by Gasteiger charge is 2.29. The molecule has 0 rings (SSSR count). The van der Waals surface area contributed by atoms with Gasteiger partial charge in [0, 0.05) is 19.3 Å². The number of carbonyl (C=O) groups is 3. The van der Waals surface area contributed by atoms with Crippen molar-refractivity contribution < 1.29 is 75.8 Å². The van der Waals surface area contributed by atoms with Crippen LogP contribution < -0.4 is 0 Å². The van der Waals surface area contributed by atoms with E-state index in [-0.39, 0.29) is 19.3 Å². The Kier molecular flexibility index (Phi) is 71.1. The number of carbonyl (C=O) groups excluding carboxylic acids is 3. The Labute approximate surface area is 602 Å². The fourth-order valence-electron chi connectivity index (χ4n) is 10.5. The molecule has 0 spiro atoms. The van der Waals surface area contributed by atoms with Crippen LogP contribution in [0.4, 0.5) is 0 Å². The number of allylic oxidation sites excluding steroid dienone is 18.